The van der Waals surface area contributed by atoms with Crippen molar-refractivity contribution in [3.05, 3.63) is 18.3 Å². The van der Waals surface area contributed by atoms with Crippen LogP contribution in [0.15, 0.2) is 18.3 Å². The molecular weight excluding hydrogens is 308 g/mol. The van der Waals surface area contributed by atoms with Crippen LogP contribution in [-0.4, -0.2) is 47.9 Å². The predicted octanol–water partition coefficient (Wildman–Crippen LogP) is 3.89. The Morgan fingerprint density at radius 2 is 2.04 bits per heavy atom. The second-order valence-electron chi connectivity index (χ2n) is 6.34. The molecule has 0 N–H and O–H groups in total. The van der Waals surface area contributed by atoms with Crippen molar-refractivity contribution in [2.75, 3.05) is 20.2 Å². The van der Waals surface area contributed by atoms with Crippen molar-refractivity contribution < 1.29 is 19.0 Å². The van der Waals surface area contributed by atoms with Gasteiger partial charge in [0.15, 0.2) is 0 Å². The zero-order valence-corrected chi connectivity index (χ0v) is 15.7. The molecule has 1 aliphatic heterocycles. The van der Waals surface area contributed by atoms with Crippen molar-refractivity contribution in [1.29, 1.82) is 0 Å². The van der Waals surface area contributed by atoms with Gasteiger partial charge < -0.3 is 19.1 Å². The monoisotopic (exact) mass is 338 g/mol. The van der Waals surface area contributed by atoms with Crippen LogP contribution in [-0.2, 0) is 4.74 Å². The topological polar surface area (TPSA) is 60.9 Å². The van der Waals surface area contributed by atoms with Crippen LogP contribution in [0.2, 0.25) is 0 Å². The van der Waals surface area contributed by atoms with Crippen LogP contribution in [0.5, 0.6) is 11.6 Å². The van der Waals surface area contributed by atoms with E-state index in [9.17, 15) is 4.79 Å². The van der Waals surface area contributed by atoms with Gasteiger partial charge in [0.05, 0.1) is 13.7 Å². The fraction of sp³-hybridized carbons (Fsp3) is 0.667. The van der Waals surface area contributed by atoms with Crippen molar-refractivity contribution >= 4 is 6.09 Å². The number of nitrogens with zero attached hydrogens (tertiary/aromatic N) is 2. The molecule has 1 aliphatic rings. The number of methoxy groups -OCH3 is 1. The van der Waals surface area contributed by atoms with Crippen molar-refractivity contribution in [1.82, 2.24) is 9.88 Å². The quantitative estimate of drug-likeness (QED) is 0.836. The molecule has 136 valence electrons. The molecule has 1 amide bonds. The lowest BCUT2D eigenvalue weighted by atomic mass is 10.1. The van der Waals surface area contributed by atoms with Gasteiger partial charge in [0.2, 0.25) is 5.88 Å². The zero-order valence-electron chi connectivity index (χ0n) is 15.7. The minimum Gasteiger partial charge on any atom is -0.497 e. The Balaban J connectivity index is 0.00000139. The lowest BCUT2D eigenvalue weighted by Gasteiger charge is -2.33. The number of ether oxygens (including phenoxy) is 3. The summed E-state index contributed by atoms with van der Waals surface area (Å²) in [6, 6.07) is 3.51. The van der Waals surface area contributed by atoms with Crippen molar-refractivity contribution in [2.24, 2.45) is 0 Å². The first-order valence-corrected chi connectivity index (χ1v) is 8.52. The summed E-state index contributed by atoms with van der Waals surface area (Å²) in [5.41, 5.74) is -0.487. The summed E-state index contributed by atoms with van der Waals surface area (Å²) >= 11 is 0. The molecule has 1 fully saturated rings. The predicted molar refractivity (Wildman–Crippen MR) is 93.6 cm³/mol. The summed E-state index contributed by atoms with van der Waals surface area (Å²) in [5.74, 6) is 1.21. The third-order valence-corrected chi connectivity index (χ3v) is 3.26. The summed E-state index contributed by atoms with van der Waals surface area (Å²) in [6.45, 7) is 10.8. The lowest BCUT2D eigenvalue weighted by Crippen LogP contribution is -2.46. The van der Waals surface area contributed by atoms with Gasteiger partial charge in [-0.25, -0.2) is 9.78 Å². The highest BCUT2D eigenvalue weighted by Gasteiger charge is 2.28. The molecule has 2 heterocycles. The van der Waals surface area contributed by atoms with E-state index >= 15 is 0 Å². The van der Waals surface area contributed by atoms with Crippen LogP contribution in [0.3, 0.4) is 0 Å². The largest absolute Gasteiger partial charge is 0.497 e. The number of amides is 1. The second kappa shape index (κ2) is 9.35. The van der Waals surface area contributed by atoms with E-state index in [0.717, 1.165) is 12.8 Å². The Morgan fingerprint density at radius 1 is 1.33 bits per heavy atom. The van der Waals surface area contributed by atoms with E-state index in [0.29, 0.717) is 24.7 Å². The van der Waals surface area contributed by atoms with Gasteiger partial charge in [0.1, 0.15) is 17.5 Å². The van der Waals surface area contributed by atoms with Crippen molar-refractivity contribution in [3.63, 3.8) is 0 Å². The Labute approximate surface area is 145 Å². The fourth-order valence-electron chi connectivity index (χ4n) is 2.28. The molecule has 0 aliphatic carbocycles. The van der Waals surface area contributed by atoms with Crippen LogP contribution in [0, 0.1) is 0 Å². The van der Waals surface area contributed by atoms with Crippen molar-refractivity contribution in [3.8, 4) is 11.6 Å². The van der Waals surface area contributed by atoms with Gasteiger partial charge in [-0.1, -0.05) is 13.8 Å². The average molecular weight is 338 g/mol. The highest BCUT2D eigenvalue weighted by molar-refractivity contribution is 5.68. The van der Waals surface area contributed by atoms with Crippen LogP contribution in [0.25, 0.3) is 0 Å². The number of likely N-dealkylation sites (tertiary alicyclic amines) is 1. The molecule has 24 heavy (non-hydrogen) atoms. The smallest absolute Gasteiger partial charge is 0.410 e. The molecule has 0 radical (unpaired) electrons. The lowest BCUT2D eigenvalue weighted by molar-refractivity contribution is 0.00719. The molecule has 6 heteroatoms. The van der Waals surface area contributed by atoms with E-state index in [4.69, 9.17) is 14.2 Å². The summed E-state index contributed by atoms with van der Waals surface area (Å²) in [7, 11) is 1.60. The SMILES string of the molecule is CC.COc1ccnc(OC2CCCN(C(=O)OC(C)(C)C)C2)c1. The first-order chi connectivity index (χ1) is 11.4. The Kier molecular flexibility index (Phi) is 7.82. The van der Waals surface area contributed by atoms with E-state index in [1.165, 1.54) is 0 Å². The Morgan fingerprint density at radius 3 is 2.67 bits per heavy atom. The molecule has 1 atom stereocenters. The number of piperidine rings is 1. The standard InChI is InChI=1S/C16H24N2O4.C2H6/c1-16(2,3)22-15(19)18-9-5-6-13(11-18)21-14-10-12(20-4)7-8-17-14;1-2/h7-8,10,13H,5-6,9,11H2,1-4H3;1-2H3. The van der Waals surface area contributed by atoms with E-state index in [1.54, 1.807) is 30.3 Å². The van der Waals surface area contributed by atoms with Gasteiger partial charge in [0, 0.05) is 18.8 Å². The molecule has 1 aromatic heterocycles. The maximum absolute atomic E-state index is 12.1. The van der Waals surface area contributed by atoms with Gasteiger partial charge in [0.25, 0.3) is 0 Å². The zero-order chi connectivity index (χ0) is 18.2. The normalized spacial score (nSPS) is 17.4. The summed E-state index contributed by atoms with van der Waals surface area (Å²) in [5, 5.41) is 0. The first kappa shape index (κ1) is 20.1. The van der Waals surface area contributed by atoms with E-state index in [1.807, 2.05) is 34.6 Å². The number of hydrogen-bond acceptors (Lipinski definition) is 5. The third-order valence-electron chi connectivity index (χ3n) is 3.26. The van der Waals surface area contributed by atoms with Crippen LogP contribution in [0.4, 0.5) is 4.79 Å². The molecule has 6 nitrogen and oxygen atoms in total. The molecule has 0 spiro atoms. The van der Waals surface area contributed by atoms with Crippen molar-refractivity contribution in [2.45, 2.75) is 59.2 Å². The second-order valence-corrected chi connectivity index (χ2v) is 6.34. The minimum atomic E-state index is -0.487. The molecule has 0 aromatic carbocycles. The Hall–Kier alpha value is -1.98. The highest BCUT2D eigenvalue weighted by atomic mass is 16.6. The van der Waals surface area contributed by atoms with E-state index in [-0.39, 0.29) is 12.2 Å². The van der Waals surface area contributed by atoms with Gasteiger partial charge in [-0.15, -0.1) is 0 Å². The average Bonchev–Trinajstić information content (AvgIpc) is 2.55. The molecule has 0 saturated carbocycles. The van der Waals surface area contributed by atoms with Gasteiger partial charge >= 0.3 is 6.09 Å². The number of pyridine rings is 1. The Bertz CT molecular complexity index is 514. The van der Waals surface area contributed by atoms with E-state index in [2.05, 4.69) is 4.98 Å². The number of rotatable bonds is 3. The maximum Gasteiger partial charge on any atom is 0.410 e. The minimum absolute atomic E-state index is 0.0825. The maximum atomic E-state index is 12.1. The van der Waals surface area contributed by atoms with Gasteiger partial charge in [-0.05, 0) is 39.7 Å². The molecule has 0 bridgehead atoms. The van der Waals surface area contributed by atoms with Crippen LogP contribution >= 0.6 is 0 Å². The third kappa shape index (κ3) is 6.64. The van der Waals surface area contributed by atoms with Gasteiger partial charge in [-0.2, -0.15) is 0 Å². The summed E-state index contributed by atoms with van der Waals surface area (Å²) < 4.78 is 16.4. The number of hydrogen-bond donors (Lipinski definition) is 0. The van der Waals surface area contributed by atoms with Crippen LogP contribution in [0.1, 0.15) is 47.5 Å². The number of aromatic nitrogens is 1. The fourth-order valence-corrected chi connectivity index (χ4v) is 2.28. The number of carbonyl (C=O) groups excluding carboxylic acids is 1. The number of carbonyl (C=O) groups is 1. The summed E-state index contributed by atoms with van der Waals surface area (Å²) in [4.78, 5) is 18.0. The molecule has 1 saturated heterocycles. The first-order valence-electron chi connectivity index (χ1n) is 8.52. The molecular formula is C18H30N2O4. The molecule has 2 rings (SSSR count). The van der Waals surface area contributed by atoms with Crippen LogP contribution < -0.4 is 9.47 Å². The highest BCUT2D eigenvalue weighted by Crippen LogP contribution is 2.21. The molecule has 1 aromatic rings. The molecule has 1 unspecified atom stereocenters. The summed E-state index contributed by atoms with van der Waals surface area (Å²) in [6.07, 6.45) is 3.04. The van der Waals surface area contributed by atoms with E-state index < -0.39 is 5.60 Å². The van der Waals surface area contributed by atoms with Gasteiger partial charge in [-0.3, -0.25) is 0 Å².